The van der Waals surface area contributed by atoms with Gasteiger partial charge in [-0.15, -0.1) is 0 Å². The SMILES string of the molecule is CC(N)c1ccccc1OCC(=O)Nc1ccccc1Cl. The Kier molecular flexibility index (Phi) is 5.20. The topological polar surface area (TPSA) is 64.3 Å². The maximum absolute atomic E-state index is 11.9. The van der Waals surface area contributed by atoms with Gasteiger partial charge in [-0.05, 0) is 25.1 Å². The van der Waals surface area contributed by atoms with Crippen molar-refractivity contribution in [3.8, 4) is 5.75 Å². The highest BCUT2D eigenvalue weighted by Crippen LogP contribution is 2.23. The third-order valence-electron chi connectivity index (χ3n) is 2.92. The summed E-state index contributed by atoms with van der Waals surface area (Å²) < 4.78 is 5.54. The molecule has 0 heterocycles. The van der Waals surface area contributed by atoms with Gasteiger partial charge < -0.3 is 15.8 Å². The van der Waals surface area contributed by atoms with Crippen LogP contribution in [0.5, 0.6) is 5.75 Å². The highest BCUT2D eigenvalue weighted by molar-refractivity contribution is 6.33. The lowest BCUT2D eigenvalue weighted by molar-refractivity contribution is -0.118. The molecule has 0 bridgehead atoms. The normalized spacial score (nSPS) is 11.8. The minimum Gasteiger partial charge on any atom is -0.483 e. The summed E-state index contributed by atoms with van der Waals surface area (Å²) in [6, 6.07) is 14.3. The number of ether oxygens (including phenoxy) is 1. The van der Waals surface area contributed by atoms with Crippen LogP contribution in [0.3, 0.4) is 0 Å². The summed E-state index contributed by atoms with van der Waals surface area (Å²) in [5.41, 5.74) is 7.29. The van der Waals surface area contributed by atoms with E-state index in [0.717, 1.165) is 5.56 Å². The number of carbonyl (C=O) groups is 1. The van der Waals surface area contributed by atoms with Crippen LogP contribution in [0.4, 0.5) is 5.69 Å². The highest BCUT2D eigenvalue weighted by atomic mass is 35.5. The van der Waals surface area contributed by atoms with Crippen LogP contribution in [0.1, 0.15) is 18.5 Å². The van der Waals surface area contributed by atoms with E-state index < -0.39 is 0 Å². The molecular weight excluding hydrogens is 288 g/mol. The van der Waals surface area contributed by atoms with Crippen molar-refractivity contribution in [2.24, 2.45) is 5.73 Å². The predicted octanol–water partition coefficient (Wildman–Crippen LogP) is 3.38. The molecule has 0 saturated carbocycles. The Balaban J connectivity index is 1.97. The second-order valence-electron chi connectivity index (χ2n) is 4.64. The average Bonchev–Trinajstić information content (AvgIpc) is 2.48. The molecule has 2 rings (SSSR count). The van der Waals surface area contributed by atoms with Gasteiger partial charge in [0.1, 0.15) is 5.75 Å². The molecular formula is C16H17ClN2O2. The summed E-state index contributed by atoms with van der Waals surface area (Å²) in [6.45, 7) is 1.76. The van der Waals surface area contributed by atoms with E-state index in [2.05, 4.69) is 5.32 Å². The Hall–Kier alpha value is -2.04. The Morgan fingerprint density at radius 1 is 1.24 bits per heavy atom. The van der Waals surface area contributed by atoms with Gasteiger partial charge in [-0.2, -0.15) is 0 Å². The zero-order chi connectivity index (χ0) is 15.2. The first-order valence-electron chi connectivity index (χ1n) is 6.59. The molecule has 2 aromatic carbocycles. The summed E-state index contributed by atoms with van der Waals surface area (Å²) in [5, 5.41) is 3.19. The molecule has 21 heavy (non-hydrogen) atoms. The van der Waals surface area contributed by atoms with Gasteiger partial charge in [0.15, 0.2) is 6.61 Å². The zero-order valence-electron chi connectivity index (χ0n) is 11.7. The third kappa shape index (κ3) is 4.21. The van der Waals surface area contributed by atoms with E-state index in [-0.39, 0.29) is 18.6 Å². The molecule has 0 aromatic heterocycles. The van der Waals surface area contributed by atoms with E-state index in [4.69, 9.17) is 22.1 Å². The van der Waals surface area contributed by atoms with E-state index in [0.29, 0.717) is 16.5 Å². The van der Waals surface area contributed by atoms with Crippen molar-refractivity contribution < 1.29 is 9.53 Å². The molecule has 0 aliphatic heterocycles. The van der Waals surface area contributed by atoms with Gasteiger partial charge in [0.25, 0.3) is 5.91 Å². The number of nitrogens with one attached hydrogen (secondary N) is 1. The van der Waals surface area contributed by atoms with Crippen molar-refractivity contribution in [1.29, 1.82) is 0 Å². The second kappa shape index (κ2) is 7.11. The van der Waals surface area contributed by atoms with E-state index >= 15 is 0 Å². The molecule has 0 aliphatic rings. The number of hydrogen-bond acceptors (Lipinski definition) is 3. The van der Waals surface area contributed by atoms with Crippen molar-refractivity contribution in [1.82, 2.24) is 0 Å². The summed E-state index contributed by atoms with van der Waals surface area (Å²) in [5.74, 6) is 0.337. The number of halogens is 1. The van der Waals surface area contributed by atoms with Crippen molar-refractivity contribution in [2.75, 3.05) is 11.9 Å². The van der Waals surface area contributed by atoms with Gasteiger partial charge >= 0.3 is 0 Å². The molecule has 1 amide bonds. The third-order valence-corrected chi connectivity index (χ3v) is 3.25. The lowest BCUT2D eigenvalue weighted by Crippen LogP contribution is -2.21. The molecule has 0 radical (unpaired) electrons. The molecule has 4 nitrogen and oxygen atoms in total. The van der Waals surface area contributed by atoms with Crippen molar-refractivity contribution in [3.05, 3.63) is 59.1 Å². The quantitative estimate of drug-likeness (QED) is 0.890. The maximum atomic E-state index is 11.9. The Bertz CT molecular complexity index is 629. The largest absolute Gasteiger partial charge is 0.483 e. The Labute approximate surface area is 128 Å². The van der Waals surface area contributed by atoms with E-state index in [9.17, 15) is 4.79 Å². The fourth-order valence-corrected chi connectivity index (χ4v) is 2.06. The van der Waals surface area contributed by atoms with E-state index in [1.54, 1.807) is 30.3 Å². The van der Waals surface area contributed by atoms with Gasteiger partial charge in [-0.3, -0.25) is 4.79 Å². The van der Waals surface area contributed by atoms with Gasteiger partial charge in [0, 0.05) is 11.6 Å². The number of nitrogens with two attached hydrogens (primary N) is 1. The van der Waals surface area contributed by atoms with Crippen LogP contribution in [0.15, 0.2) is 48.5 Å². The minimum atomic E-state index is -0.275. The Morgan fingerprint density at radius 2 is 1.90 bits per heavy atom. The van der Waals surface area contributed by atoms with Crippen LogP contribution in [0.2, 0.25) is 5.02 Å². The molecule has 110 valence electrons. The first kappa shape index (κ1) is 15.4. The molecule has 0 spiro atoms. The first-order chi connectivity index (χ1) is 10.1. The molecule has 1 atom stereocenters. The van der Waals surface area contributed by atoms with Crippen LogP contribution in [0, 0.1) is 0 Å². The molecule has 2 aromatic rings. The number of para-hydroxylation sites is 2. The van der Waals surface area contributed by atoms with Crippen LogP contribution < -0.4 is 15.8 Å². The van der Waals surface area contributed by atoms with Crippen molar-refractivity contribution in [2.45, 2.75) is 13.0 Å². The smallest absolute Gasteiger partial charge is 0.262 e. The highest BCUT2D eigenvalue weighted by Gasteiger charge is 2.10. The van der Waals surface area contributed by atoms with E-state index in [1.165, 1.54) is 0 Å². The standard InChI is InChI=1S/C16H17ClN2O2/c1-11(18)12-6-2-5-9-15(12)21-10-16(20)19-14-8-4-3-7-13(14)17/h2-9,11H,10,18H2,1H3,(H,19,20). The zero-order valence-corrected chi connectivity index (χ0v) is 12.4. The molecule has 0 aliphatic carbocycles. The summed E-state index contributed by atoms with van der Waals surface area (Å²) in [6.07, 6.45) is 0. The summed E-state index contributed by atoms with van der Waals surface area (Å²) in [4.78, 5) is 11.9. The van der Waals surface area contributed by atoms with Gasteiger partial charge in [0.2, 0.25) is 0 Å². The van der Waals surface area contributed by atoms with Crippen molar-refractivity contribution in [3.63, 3.8) is 0 Å². The number of carbonyl (C=O) groups excluding carboxylic acids is 1. The summed E-state index contributed by atoms with van der Waals surface area (Å²) in [7, 11) is 0. The molecule has 5 heteroatoms. The van der Waals surface area contributed by atoms with E-state index in [1.807, 2.05) is 25.1 Å². The summed E-state index contributed by atoms with van der Waals surface area (Å²) >= 11 is 5.98. The minimum absolute atomic E-state index is 0.102. The fraction of sp³-hybridized carbons (Fsp3) is 0.188. The van der Waals surface area contributed by atoms with Crippen LogP contribution in [0.25, 0.3) is 0 Å². The van der Waals surface area contributed by atoms with Gasteiger partial charge in [-0.25, -0.2) is 0 Å². The molecule has 1 unspecified atom stereocenters. The lowest BCUT2D eigenvalue weighted by atomic mass is 10.1. The number of hydrogen-bond donors (Lipinski definition) is 2. The number of anilines is 1. The van der Waals surface area contributed by atoms with Crippen LogP contribution in [-0.4, -0.2) is 12.5 Å². The van der Waals surface area contributed by atoms with Crippen molar-refractivity contribution >= 4 is 23.2 Å². The molecule has 3 N–H and O–H groups in total. The first-order valence-corrected chi connectivity index (χ1v) is 6.97. The predicted molar refractivity (Wildman–Crippen MR) is 84.6 cm³/mol. The lowest BCUT2D eigenvalue weighted by Gasteiger charge is -2.14. The fourth-order valence-electron chi connectivity index (χ4n) is 1.88. The maximum Gasteiger partial charge on any atom is 0.262 e. The average molecular weight is 305 g/mol. The number of amides is 1. The Morgan fingerprint density at radius 3 is 2.62 bits per heavy atom. The van der Waals surface area contributed by atoms with Crippen LogP contribution in [-0.2, 0) is 4.79 Å². The van der Waals surface area contributed by atoms with Gasteiger partial charge in [-0.1, -0.05) is 41.9 Å². The number of rotatable bonds is 5. The van der Waals surface area contributed by atoms with Gasteiger partial charge in [0.05, 0.1) is 10.7 Å². The molecule has 0 saturated heterocycles. The monoisotopic (exact) mass is 304 g/mol. The number of benzene rings is 2. The molecule has 0 fully saturated rings. The second-order valence-corrected chi connectivity index (χ2v) is 5.05. The van der Waals surface area contributed by atoms with Crippen LogP contribution >= 0.6 is 11.6 Å².